The van der Waals surface area contributed by atoms with Crippen LogP contribution >= 0.6 is 11.8 Å². The molecule has 0 atom stereocenters. The van der Waals surface area contributed by atoms with E-state index in [2.05, 4.69) is 118 Å². The summed E-state index contributed by atoms with van der Waals surface area (Å²) in [7, 11) is -1.79. The van der Waals surface area contributed by atoms with E-state index in [9.17, 15) is 0 Å². The van der Waals surface area contributed by atoms with Crippen molar-refractivity contribution in [3.63, 3.8) is 0 Å². The fraction of sp³-hybridized carbons (Fsp3) is 0.297. The van der Waals surface area contributed by atoms with Crippen molar-refractivity contribution in [1.29, 1.82) is 0 Å². The summed E-state index contributed by atoms with van der Waals surface area (Å²) in [6.07, 6.45) is 4.96. The Morgan fingerprint density at radius 3 is 2.39 bits per heavy atom. The molecule has 0 unspecified atom stereocenters. The van der Waals surface area contributed by atoms with Crippen molar-refractivity contribution in [1.82, 2.24) is 0 Å². The van der Waals surface area contributed by atoms with Gasteiger partial charge in [0.2, 0.25) is 6.71 Å². The molecule has 0 bridgehead atoms. The van der Waals surface area contributed by atoms with E-state index in [-0.39, 0.29) is 5.41 Å². The lowest BCUT2D eigenvalue weighted by molar-refractivity contribution is 0.517. The highest BCUT2D eigenvalue weighted by molar-refractivity contribution is 8.00. The summed E-state index contributed by atoms with van der Waals surface area (Å²) in [6.45, 7) is 10.1. The van der Waals surface area contributed by atoms with Crippen molar-refractivity contribution >= 4 is 64.7 Å². The van der Waals surface area contributed by atoms with Crippen molar-refractivity contribution in [2.75, 3.05) is 4.90 Å². The smallest absolute Gasteiger partial charge is 0.243 e. The molecule has 204 valence electrons. The topological polar surface area (TPSA) is 3.24 Å². The van der Waals surface area contributed by atoms with Crippen LogP contribution in [0, 0.1) is 0 Å². The number of benzene rings is 4. The molecule has 0 fully saturated rings. The lowest BCUT2D eigenvalue weighted by atomic mass is 9.36. The number of nitrogens with zero attached hydrogens (tertiary/aromatic N) is 1. The molecule has 4 aliphatic rings. The summed E-state index contributed by atoms with van der Waals surface area (Å²) < 4.78 is 0. The molecule has 4 aromatic carbocycles. The van der Waals surface area contributed by atoms with Crippen LogP contribution in [-0.4, -0.2) is 14.8 Å². The summed E-state index contributed by atoms with van der Waals surface area (Å²) in [6, 6.07) is 35.8. The van der Waals surface area contributed by atoms with Crippen LogP contribution in [-0.2, 0) is 5.41 Å². The van der Waals surface area contributed by atoms with E-state index in [1.54, 1.807) is 32.6 Å². The molecule has 0 aromatic heterocycles. The zero-order valence-electron chi connectivity index (χ0n) is 24.8. The van der Waals surface area contributed by atoms with Gasteiger partial charge >= 0.3 is 0 Å². The number of hydrogen-bond acceptors (Lipinski definition) is 2. The van der Waals surface area contributed by atoms with Gasteiger partial charge in [0.15, 0.2) is 0 Å². The van der Waals surface area contributed by atoms with Crippen LogP contribution in [0.1, 0.15) is 58.9 Å². The number of allylic oxidation sites excluding steroid dienone is 2. The molecule has 4 aromatic rings. The first-order valence-electron chi connectivity index (χ1n) is 15.7. The molecule has 1 nitrogen and oxygen atoms in total. The van der Waals surface area contributed by atoms with E-state index in [1.807, 2.05) is 11.8 Å². The lowest BCUT2D eigenvalue weighted by Gasteiger charge is -2.46. The first kappa shape index (κ1) is 25.7. The van der Waals surface area contributed by atoms with E-state index >= 15 is 0 Å². The normalized spacial score (nSPS) is 19.1. The van der Waals surface area contributed by atoms with Crippen molar-refractivity contribution < 1.29 is 0 Å². The predicted octanol–water partition coefficient (Wildman–Crippen LogP) is 6.84. The summed E-state index contributed by atoms with van der Waals surface area (Å²) in [5.41, 5.74) is 12.1. The second kappa shape index (κ2) is 9.28. The van der Waals surface area contributed by atoms with Crippen LogP contribution < -0.4 is 31.7 Å². The molecule has 1 aliphatic carbocycles. The van der Waals surface area contributed by atoms with Gasteiger partial charge in [0.05, 0.1) is 0 Å². The van der Waals surface area contributed by atoms with Crippen molar-refractivity contribution in [3.8, 4) is 0 Å². The van der Waals surface area contributed by atoms with Crippen LogP contribution in [0.25, 0.3) is 0 Å². The van der Waals surface area contributed by atoms with Gasteiger partial charge < -0.3 is 4.90 Å². The number of fused-ring (bicyclic) bond motifs is 5. The van der Waals surface area contributed by atoms with Gasteiger partial charge in [-0.2, -0.15) is 0 Å². The van der Waals surface area contributed by atoms with Crippen molar-refractivity contribution in [2.24, 2.45) is 0 Å². The fourth-order valence-corrected chi connectivity index (χ4v) is 14.9. The van der Waals surface area contributed by atoms with Crippen LogP contribution in [0.5, 0.6) is 0 Å². The Labute approximate surface area is 251 Å². The molecule has 0 radical (unpaired) electrons. The highest BCUT2D eigenvalue weighted by Gasteiger charge is 2.48. The summed E-state index contributed by atoms with van der Waals surface area (Å²) in [5.74, 6) is 0. The molecule has 41 heavy (non-hydrogen) atoms. The van der Waals surface area contributed by atoms with Crippen molar-refractivity contribution in [3.05, 3.63) is 102 Å². The Bertz CT molecular complexity index is 1750. The van der Waals surface area contributed by atoms with Gasteiger partial charge in [0.25, 0.3) is 0 Å². The second-order valence-electron chi connectivity index (χ2n) is 13.0. The zero-order chi connectivity index (χ0) is 27.9. The Kier molecular flexibility index (Phi) is 5.82. The third-order valence-electron chi connectivity index (χ3n) is 10.9. The summed E-state index contributed by atoms with van der Waals surface area (Å²) in [5, 5.41) is 3.36. The number of hydrogen-bond donors (Lipinski definition) is 0. The number of rotatable bonds is 3. The van der Waals surface area contributed by atoms with E-state index in [0.29, 0.717) is 6.71 Å². The van der Waals surface area contributed by atoms with Gasteiger partial charge in [0, 0.05) is 32.3 Å². The van der Waals surface area contributed by atoms with Crippen LogP contribution in [0.2, 0.25) is 12.1 Å². The standard InChI is InChI=1S/C37H38BNSSi/c1-5-41(6-2)34-20-12-9-16-29(34)38-28-23-22-25(24-33(28)40-32-19-13-21-35(41)36(32)38)39-30-17-10-7-14-26(30)37(3,4)27-15-8-11-18-31(27)39/h7,9-10,12-14,16-17,19-24H,5-6,8,11,15,18H2,1-4H3. The third-order valence-corrected chi connectivity index (χ3v) is 17.4. The van der Waals surface area contributed by atoms with Gasteiger partial charge in [-0.25, -0.2) is 0 Å². The molecule has 0 saturated carbocycles. The second-order valence-corrected chi connectivity index (χ2v) is 18.7. The number of para-hydroxylation sites is 1. The minimum atomic E-state index is -1.79. The minimum Gasteiger partial charge on any atom is -0.314 e. The maximum absolute atomic E-state index is 2.63. The molecule has 0 N–H and O–H groups in total. The Morgan fingerprint density at radius 2 is 1.54 bits per heavy atom. The SMILES string of the molecule is CC[Si]1(CC)c2ccccc2B2c3ccc(N4C5=C(CCCC5)C(C)(C)c5ccccc54)cc3Sc3cccc1c32. The average Bonchev–Trinajstić information content (AvgIpc) is 3.01. The van der Waals surface area contributed by atoms with E-state index in [0.717, 1.165) is 0 Å². The third kappa shape index (κ3) is 3.44. The van der Waals surface area contributed by atoms with E-state index < -0.39 is 8.07 Å². The Morgan fingerprint density at radius 1 is 0.780 bits per heavy atom. The largest absolute Gasteiger partial charge is 0.314 e. The van der Waals surface area contributed by atoms with Gasteiger partial charge in [-0.15, -0.1) is 0 Å². The molecule has 4 heteroatoms. The molecule has 8 rings (SSSR count). The monoisotopic (exact) mass is 567 g/mol. The summed E-state index contributed by atoms with van der Waals surface area (Å²) >= 11 is 2.01. The van der Waals surface area contributed by atoms with Gasteiger partial charge in [-0.05, 0) is 61.1 Å². The zero-order valence-corrected chi connectivity index (χ0v) is 26.6. The molecule has 0 saturated heterocycles. The van der Waals surface area contributed by atoms with E-state index in [4.69, 9.17) is 0 Å². The molecular weight excluding hydrogens is 529 g/mol. The predicted molar refractivity (Wildman–Crippen MR) is 181 cm³/mol. The maximum Gasteiger partial charge on any atom is 0.243 e. The average molecular weight is 568 g/mol. The molecule has 0 amide bonds. The fourth-order valence-electron chi connectivity index (χ4n) is 8.88. The molecule has 3 heterocycles. The van der Waals surface area contributed by atoms with Gasteiger partial charge in [-0.3, -0.25) is 0 Å². The first-order valence-corrected chi connectivity index (χ1v) is 18.9. The number of anilines is 2. The maximum atomic E-state index is 2.63. The Balaban J connectivity index is 1.33. The van der Waals surface area contributed by atoms with Crippen LogP contribution in [0.3, 0.4) is 0 Å². The lowest BCUT2D eigenvalue weighted by Crippen LogP contribution is -2.79. The summed E-state index contributed by atoms with van der Waals surface area (Å²) in [4.78, 5) is 5.53. The van der Waals surface area contributed by atoms with E-state index in [1.165, 1.54) is 70.0 Å². The van der Waals surface area contributed by atoms with Crippen LogP contribution in [0.4, 0.5) is 11.4 Å². The molecular formula is C37H38BNSSi. The minimum absolute atomic E-state index is 0.0852. The highest BCUT2D eigenvalue weighted by atomic mass is 32.2. The van der Waals surface area contributed by atoms with Crippen molar-refractivity contribution in [2.45, 2.75) is 80.7 Å². The highest BCUT2D eigenvalue weighted by Crippen LogP contribution is 2.52. The van der Waals surface area contributed by atoms with Gasteiger partial charge in [-0.1, -0.05) is 139 Å². The quantitative estimate of drug-likeness (QED) is 0.220. The first-order chi connectivity index (χ1) is 20.0. The molecule has 0 spiro atoms. The Hall–Kier alpha value is -2.95. The molecule has 3 aliphatic heterocycles. The van der Waals surface area contributed by atoms with Gasteiger partial charge in [0.1, 0.15) is 8.07 Å². The van der Waals surface area contributed by atoms with Crippen LogP contribution in [0.15, 0.2) is 106 Å².